The lowest BCUT2D eigenvalue weighted by molar-refractivity contribution is -0.123. The highest BCUT2D eigenvalue weighted by Crippen LogP contribution is 2.25. The summed E-state index contributed by atoms with van der Waals surface area (Å²) in [5, 5.41) is 8.43. The largest absolute Gasteiger partial charge is 0.497 e. The van der Waals surface area contributed by atoms with E-state index in [0.29, 0.717) is 48.6 Å². The number of aromatic nitrogens is 3. The Balaban J connectivity index is 1.44. The number of imidazole rings is 1. The van der Waals surface area contributed by atoms with Crippen LogP contribution in [0, 0.1) is 0 Å². The van der Waals surface area contributed by atoms with E-state index in [1.165, 1.54) is 7.11 Å². The Morgan fingerprint density at radius 3 is 2.94 bits per heavy atom. The number of amides is 3. The van der Waals surface area contributed by atoms with Gasteiger partial charge in [-0.25, -0.2) is 9.97 Å². The zero-order valence-corrected chi connectivity index (χ0v) is 18.7. The molecule has 4 rings (SSSR count). The molecule has 0 fully saturated rings. The average Bonchev–Trinajstić information content (AvgIpc) is 3.29. The summed E-state index contributed by atoms with van der Waals surface area (Å²) in [6, 6.07) is 5.95. The molecule has 0 saturated heterocycles. The van der Waals surface area contributed by atoms with Crippen molar-refractivity contribution in [2.45, 2.75) is 25.3 Å². The average molecular weight is 466 g/mol. The van der Waals surface area contributed by atoms with Gasteiger partial charge in [0.2, 0.25) is 11.7 Å². The molecule has 1 aliphatic heterocycles. The first-order chi connectivity index (χ1) is 16.5. The zero-order valence-electron chi connectivity index (χ0n) is 18.7. The molecule has 178 valence electrons. The molecule has 11 nitrogen and oxygen atoms in total. The van der Waals surface area contributed by atoms with Gasteiger partial charge in [0.05, 0.1) is 19.2 Å². The second-order valence-electron chi connectivity index (χ2n) is 7.73. The summed E-state index contributed by atoms with van der Waals surface area (Å²) in [6.45, 7) is 0.754. The number of hydrogen-bond acceptors (Lipinski definition) is 7. The molecule has 11 heteroatoms. The van der Waals surface area contributed by atoms with E-state index in [-0.39, 0.29) is 30.7 Å². The van der Waals surface area contributed by atoms with Crippen molar-refractivity contribution in [3.63, 3.8) is 0 Å². The molecular weight excluding hydrogens is 440 g/mol. The molecule has 0 unspecified atom stereocenters. The molecule has 0 bridgehead atoms. The molecule has 3 N–H and O–H groups in total. The number of benzene rings is 1. The van der Waals surface area contributed by atoms with Gasteiger partial charge in [0.25, 0.3) is 11.8 Å². The van der Waals surface area contributed by atoms with Crippen LogP contribution in [0.1, 0.15) is 40.1 Å². The number of methoxy groups -OCH3 is 1. The summed E-state index contributed by atoms with van der Waals surface area (Å²) in [6.07, 6.45) is 6.56. The summed E-state index contributed by atoms with van der Waals surface area (Å²) in [5.74, 6) is 0.301. The molecule has 0 aliphatic carbocycles. The Labute approximate surface area is 195 Å². The zero-order chi connectivity index (χ0) is 23.9. The highest BCUT2D eigenvalue weighted by atomic mass is 16.5. The van der Waals surface area contributed by atoms with Crippen LogP contribution < -0.4 is 25.4 Å². The third-order valence-corrected chi connectivity index (χ3v) is 5.39. The predicted octanol–water partition coefficient (Wildman–Crippen LogP) is 0.945. The van der Waals surface area contributed by atoms with Gasteiger partial charge in [-0.15, -0.1) is 0 Å². The molecule has 0 radical (unpaired) electrons. The first-order valence-electron chi connectivity index (χ1n) is 11.0. The highest BCUT2D eigenvalue weighted by molar-refractivity contribution is 5.97. The lowest BCUT2D eigenvalue weighted by Gasteiger charge is -2.19. The summed E-state index contributed by atoms with van der Waals surface area (Å²) in [4.78, 5) is 46.5. The molecule has 0 spiro atoms. The summed E-state index contributed by atoms with van der Waals surface area (Å²) >= 11 is 0. The Hall–Kier alpha value is -4.15. The van der Waals surface area contributed by atoms with Gasteiger partial charge >= 0.3 is 0 Å². The van der Waals surface area contributed by atoms with Crippen molar-refractivity contribution in [2.75, 3.05) is 26.8 Å². The van der Waals surface area contributed by atoms with Gasteiger partial charge in [-0.2, -0.15) is 0 Å². The van der Waals surface area contributed by atoms with Crippen molar-refractivity contribution in [3.8, 4) is 11.5 Å². The van der Waals surface area contributed by atoms with E-state index in [9.17, 15) is 14.4 Å². The fraction of sp³-hybridized carbons (Fsp3) is 0.348. The number of nitrogens with one attached hydrogen (secondary N) is 3. The van der Waals surface area contributed by atoms with E-state index in [2.05, 4.69) is 25.9 Å². The van der Waals surface area contributed by atoms with Crippen LogP contribution in [-0.2, 0) is 4.79 Å². The van der Waals surface area contributed by atoms with Crippen LogP contribution >= 0.6 is 0 Å². The van der Waals surface area contributed by atoms with E-state index < -0.39 is 11.9 Å². The minimum absolute atomic E-state index is 0.137. The fourth-order valence-electron chi connectivity index (χ4n) is 3.61. The number of nitrogens with zero attached hydrogens (tertiary/aromatic N) is 3. The van der Waals surface area contributed by atoms with Gasteiger partial charge in [0.15, 0.2) is 0 Å². The Bertz CT molecular complexity index is 1160. The third-order valence-electron chi connectivity index (χ3n) is 5.39. The standard InChI is InChI=1S/C23H26N6O5/c1-33-15-6-7-16-19(13-15)34-12-10-25-21(31)17(5-2-3-8-24-20(16)30)27-22(32)18-14-29-11-4-9-26-23(29)28-18/h4,6-7,9,11,13-14,17H,2-3,5,8,10,12H2,1H3,(H,24,30)(H,25,31)(H,27,32)/t17-/m0/s1. The van der Waals surface area contributed by atoms with Gasteiger partial charge < -0.3 is 25.4 Å². The van der Waals surface area contributed by atoms with Gasteiger partial charge in [-0.05, 0) is 37.5 Å². The molecule has 2 aromatic heterocycles. The van der Waals surface area contributed by atoms with Crippen molar-refractivity contribution < 1.29 is 23.9 Å². The number of carbonyl (C=O) groups is 3. The van der Waals surface area contributed by atoms with E-state index >= 15 is 0 Å². The maximum absolute atomic E-state index is 12.8. The minimum atomic E-state index is -0.753. The van der Waals surface area contributed by atoms with Crippen LogP contribution in [0.2, 0.25) is 0 Å². The Kier molecular flexibility index (Phi) is 7.21. The smallest absolute Gasteiger partial charge is 0.272 e. The Morgan fingerprint density at radius 1 is 1.24 bits per heavy atom. The quantitative estimate of drug-likeness (QED) is 0.523. The maximum Gasteiger partial charge on any atom is 0.272 e. The highest BCUT2D eigenvalue weighted by Gasteiger charge is 2.23. The molecular formula is C23H26N6O5. The number of rotatable bonds is 3. The molecule has 1 aliphatic rings. The molecule has 0 saturated carbocycles. The van der Waals surface area contributed by atoms with E-state index in [0.717, 1.165) is 0 Å². The van der Waals surface area contributed by atoms with Gasteiger partial charge in [0.1, 0.15) is 29.8 Å². The molecule has 34 heavy (non-hydrogen) atoms. The predicted molar refractivity (Wildman–Crippen MR) is 122 cm³/mol. The van der Waals surface area contributed by atoms with Gasteiger partial charge in [-0.3, -0.25) is 18.8 Å². The molecule has 1 atom stereocenters. The lowest BCUT2D eigenvalue weighted by atomic mass is 10.1. The van der Waals surface area contributed by atoms with Gasteiger partial charge in [0, 0.05) is 31.2 Å². The van der Waals surface area contributed by atoms with Crippen LogP contribution in [-0.4, -0.2) is 64.9 Å². The van der Waals surface area contributed by atoms with Crippen LogP contribution in [0.25, 0.3) is 5.78 Å². The first kappa shape index (κ1) is 23.0. The molecule has 3 aromatic rings. The van der Waals surface area contributed by atoms with Crippen molar-refractivity contribution in [1.29, 1.82) is 0 Å². The summed E-state index contributed by atoms with van der Waals surface area (Å²) in [5.41, 5.74) is 0.573. The normalized spacial score (nSPS) is 17.5. The number of ether oxygens (including phenoxy) is 2. The van der Waals surface area contributed by atoms with E-state index in [1.807, 2.05) is 0 Å². The minimum Gasteiger partial charge on any atom is -0.497 e. The Morgan fingerprint density at radius 2 is 2.12 bits per heavy atom. The van der Waals surface area contributed by atoms with E-state index in [4.69, 9.17) is 9.47 Å². The number of carbonyl (C=O) groups excluding carboxylic acids is 3. The monoisotopic (exact) mass is 466 g/mol. The van der Waals surface area contributed by atoms with Crippen LogP contribution in [0.5, 0.6) is 11.5 Å². The molecule has 3 amide bonds. The first-order valence-corrected chi connectivity index (χ1v) is 11.0. The van der Waals surface area contributed by atoms with Gasteiger partial charge in [-0.1, -0.05) is 0 Å². The van der Waals surface area contributed by atoms with Crippen LogP contribution in [0.15, 0.2) is 42.9 Å². The fourth-order valence-corrected chi connectivity index (χ4v) is 3.61. The van der Waals surface area contributed by atoms with Crippen molar-refractivity contribution >= 4 is 23.5 Å². The van der Waals surface area contributed by atoms with Crippen LogP contribution in [0.3, 0.4) is 0 Å². The summed E-state index contributed by atoms with van der Waals surface area (Å²) in [7, 11) is 1.53. The lowest BCUT2D eigenvalue weighted by Crippen LogP contribution is -2.47. The number of fused-ring (bicyclic) bond motifs is 2. The second kappa shape index (κ2) is 10.6. The van der Waals surface area contributed by atoms with E-state index in [1.54, 1.807) is 47.3 Å². The van der Waals surface area contributed by atoms with Crippen molar-refractivity contribution in [2.24, 2.45) is 0 Å². The van der Waals surface area contributed by atoms with Crippen molar-refractivity contribution in [1.82, 2.24) is 30.3 Å². The third kappa shape index (κ3) is 5.42. The number of hydrogen-bond donors (Lipinski definition) is 3. The molecule has 1 aromatic carbocycles. The maximum atomic E-state index is 12.8. The van der Waals surface area contributed by atoms with Crippen molar-refractivity contribution in [3.05, 3.63) is 54.1 Å². The second-order valence-corrected chi connectivity index (χ2v) is 7.73. The molecule has 3 heterocycles. The van der Waals surface area contributed by atoms with Crippen LogP contribution in [0.4, 0.5) is 0 Å². The summed E-state index contributed by atoms with van der Waals surface area (Å²) < 4.78 is 12.6. The SMILES string of the molecule is COc1ccc2c(c1)OCCNC(=O)[C@@H](NC(=O)c1cn3cccnc3n1)CCCCNC2=O. The topological polar surface area (TPSA) is 136 Å².